The minimum Gasteiger partial charge on any atom is -0.382 e. The zero-order valence-corrected chi connectivity index (χ0v) is 13.5. The highest BCUT2D eigenvalue weighted by Gasteiger charge is 2.17. The fourth-order valence-corrected chi connectivity index (χ4v) is 2.87. The first kappa shape index (κ1) is 16.3. The highest BCUT2D eigenvalue weighted by atomic mass is 32.1. The molecule has 0 aliphatic carbocycles. The van der Waals surface area contributed by atoms with Crippen LogP contribution in [0.2, 0.25) is 0 Å². The van der Waals surface area contributed by atoms with Crippen molar-refractivity contribution in [3.05, 3.63) is 53.0 Å². The van der Waals surface area contributed by atoms with E-state index in [0.717, 1.165) is 11.1 Å². The number of benzene rings is 1. The number of hydrogen-bond acceptors (Lipinski definition) is 5. The summed E-state index contributed by atoms with van der Waals surface area (Å²) in [5.74, 6) is -0.529. The van der Waals surface area contributed by atoms with Crippen LogP contribution in [-0.4, -0.2) is 24.9 Å². The van der Waals surface area contributed by atoms with Crippen molar-refractivity contribution in [2.45, 2.75) is 0 Å². The van der Waals surface area contributed by atoms with E-state index in [1.165, 1.54) is 17.5 Å². The fraction of sp³-hybridized carbons (Fsp3) is 0.118. The SMILES string of the molecule is CN(C)/C=C(\C#N)C(=O)Nc1scc(-c2ccccc2)c1C#N. The van der Waals surface area contributed by atoms with Gasteiger partial charge < -0.3 is 10.2 Å². The first-order valence-corrected chi connectivity index (χ1v) is 7.61. The van der Waals surface area contributed by atoms with Crippen LogP contribution in [0.5, 0.6) is 0 Å². The fourth-order valence-electron chi connectivity index (χ4n) is 1.96. The minimum absolute atomic E-state index is 0.0199. The van der Waals surface area contributed by atoms with Gasteiger partial charge in [-0.1, -0.05) is 30.3 Å². The van der Waals surface area contributed by atoms with Gasteiger partial charge in [-0.15, -0.1) is 11.3 Å². The number of anilines is 1. The van der Waals surface area contributed by atoms with Gasteiger partial charge in [0.05, 0.1) is 5.56 Å². The van der Waals surface area contributed by atoms with Crippen LogP contribution in [0.15, 0.2) is 47.5 Å². The number of carbonyl (C=O) groups excluding carboxylic acids is 1. The number of amides is 1. The van der Waals surface area contributed by atoms with Gasteiger partial charge in [-0.3, -0.25) is 4.79 Å². The molecule has 23 heavy (non-hydrogen) atoms. The van der Waals surface area contributed by atoms with E-state index >= 15 is 0 Å². The standard InChI is InChI=1S/C17H14N4OS/c1-21(2)10-13(8-18)16(22)20-17-14(9-19)15(11-23-17)12-6-4-3-5-7-12/h3-7,10-11H,1-2H3,(H,20,22)/b13-10+. The van der Waals surface area contributed by atoms with Crippen molar-refractivity contribution in [1.82, 2.24) is 4.90 Å². The second-order valence-corrected chi connectivity index (χ2v) is 5.78. The van der Waals surface area contributed by atoms with Gasteiger partial charge >= 0.3 is 0 Å². The van der Waals surface area contributed by atoms with Gasteiger partial charge in [0, 0.05) is 31.2 Å². The maximum absolute atomic E-state index is 12.2. The summed E-state index contributed by atoms with van der Waals surface area (Å²) in [5, 5.41) is 23.4. The second kappa shape index (κ2) is 7.26. The van der Waals surface area contributed by atoms with Crippen LogP contribution < -0.4 is 5.32 Å². The van der Waals surface area contributed by atoms with E-state index in [1.807, 2.05) is 41.8 Å². The van der Waals surface area contributed by atoms with Crippen molar-refractivity contribution in [3.63, 3.8) is 0 Å². The molecule has 0 bridgehead atoms. The molecule has 0 aliphatic rings. The summed E-state index contributed by atoms with van der Waals surface area (Å²) in [5.41, 5.74) is 2.05. The van der Waals surface area contributed by atoms with Crippen molar-refractivity contribution < 1.29 is 4.79 Å². The average Bonchev–Trinajstić information content (AvgIpc) is 2.95. The molecule has 0 saturated carbocycles. The van der Waals surface area contributed by atoms with Crippen LogP contribution in [0, 0.1) is 22.7 Å². The molecule has 1 amide bonds. The molecular formula is C17H14N4OS. The van der Waals surface area contributed by atoms with Crippen LogP contribution in [0.4, 0.5) is 5.00 Å². The molecule has 1 aromatic heterocycles. The van der Waals surface area contributed by atoms with Gasteiger partial charge in [-0.05, 0) is 5.56 Å². The molecule has 0 atom stereocenters. The third kappa shape index (κ3) is 3.76. The Morgan fingerprint density at radius 3 is 2.52 bits per heavy atom. The monoisotopic (exact) mass is 322 g/mol. The highest BCUT2D eigenvalue weighted by molar-refractivity contribution is 7.15. The van der Waals surface area contributed by atoms with Crippen LogP contribution in [0.1, 0.15) is 5.56 Å². The average molecular weight is 322 g/mol. The first-order valence-electron chi connectivity index (χ1n) is 6.73. The summed E-state index contributed by atoms with van der Waals surface area (Å²) < 4.78 is 0. The molecule has 5 nitrogen and oxygen atoms in total. The Hall–Kier alpha value is -3.09. The number of nitrogens with one attached hydrogen (secondary N) is 1. The molecule has 6 heteroatoms. The Morgan fingerprint density at radius 2 is 1.96 bits per heavy atom. The van der Waals surface area contributed by atoms with Crippen molar-refractivity contribution in [2.75, 3.05) is 19.4 Å². The maximum atomic E-state index is 12.2. The van der Waals surface area contributed by atoms with Crippen LogP contribution in [-0.2, 0) is 4.79 Å². The topological polar surface area (TPSA) is 79.9 Å². The van der Waals surface area contributed by atoms with Crippen LogP contribution in [0.25, 0.3) is 11.1 Å². The molecule has 0 spiro atoms. The second-order valence-electron chi connectivity index (χ2n) is 4.90. The summed E-state index contributed by atoms with van der Waals surface area (Å²) in [6, 6.07) is 13.5. The van der Waals surface area contributed by atoms with Crippen molar-refractivity contribution in [1.29, 1.82) is 10.5 Å². The lowest BCUT2D eigenvalue weighted by atomic mass is 10.1. The van der Waals surface area contributed by atoms with E-state index in [2.05, 4.69) is 11.4 Å². The molecule has 0 saturated heterocycles. The van der Waals surface area contributed by atoms with E-state index in [4.69, 9.17) is 5.26 Å². The van der Waals surface area contributed by atoms with Gasteiger partial charge in [0.25, 0.3) is 5.91 Å². The number of rotatable bonds is 4. The van der Waals surface area contributed by atoms with Crippen LogP contribution in [0.3, 0.4) is 0 Å². The number of thiophene rings is 1. The lowest BCUT2D eigenvalue weighted by Gasteiger charge is -2.07. The Bertz CT molecular complexity index is 823. The summed E-state index contributed by atoms with van der Waals surface area (Å²) in [6.07, 6.45) is 1.44. The number of nitriles is 2. The largest absolute Gasteiger partial charge is 0.382 e. The van der Waals surface area contributed by atoms with Gasteiger partial charge in [-0.25, -0.2) is 0 Å². The van der Waals surface area contributed by atoms with Gasteiger partial charge in [0.2, 0.25) is 0 Å². The van der Waals surface area contributed by atoms with Crippen molar-refractivity contribution >= 4 is 22.2 Å². The third-order valence-electron chi connectivity index (χ3n) is 2.97. The molecular weight excluding hydrogens is 308 g/mol. The zero-order valence-electron chi connectivity index (χ0n) is 12.7. The molecule has 1 aromatic carbocycles. The molecule has 114 valence electrons. The van der Waals surface area contributed by atoms with Crippen molar-refractivity contribution in [2.24, 2.45) is 0 Å². The third-order valence-corrected chi connectivity index (χ3v) is 3.86. The quantitative estimate of drug-likeness (QED) is 0.692. The zero-order chi connectivity index (χ0) is 16.8. The molecule has 0 fully saturated rings. The first-order chi connectivity index (χ1) is 11.1. The molecule has 0 aliphatic heterocycles. The van der Waals surface area contributed by atoms with Crippen molar-refractivity contribution in [3.8, 4) is 23.3 Å². The summed E-state index contributed by atoms with van der Waals surface area (Å²) in [4.78, 5) is 13.8. The van der Waals surface area contributed by atoms with Gasteiger partial charge in [0.15, 0.2) is 0 Å². The minimum atomic E-state index is -0.529. The number of hydrogen-bond donors (Lipinski definition) is 1. The molecule has 1 N–H and O–H groups in total. The molecule has 0 radical (unpaired) electrons. The molecule has 2 rings (SSSR count). The van der Waals surface area contributed by atoms with E-state index in [0.29, 0.717) is 10.6 Å². The van der Waals surface area contributed by atoms with Gasteiger partial charge in [-0.2, -0.15) is 10.5 Å². The summed E-state index contributed by atoms with van der Waals surface area (Å²) in [7, 11) is 3.45. The Kier molecular flexibility index (Phi) is 5.14. The van der Waals surface area contributed by atoms with Gasteiger partial charge in [0.1, 0.15) is 22.7 Å². The van der Waals surface area contributed by atoms with Crippen LogP contribution >= 0.6 is 11.3 Å². The number of carbonyl (C=O) groups is 1. The van der Waals surface area contributed by atoms with E-state index < -0.39 is 5.91 Å². The molecule has 1 heterocycles. The smallest absolute Gasteiger partial charge is 0.268 e. The van der Waals surface area contributed by atoms with E-state index in [1.54, 1.807) is 19.0 Å². The summed E-state index contributed by atoms with van der Waals surface area (Å²) >= 11 is 1.27. The Morgan fingerprint density at radius 1 is 1.26 bits per heavy atom. The summed E-state index contributed by atoms with van der Waals surface area (Å²) in [6.45, 7) is 0. The Labute approximate surface area is 138 Å². The van der Waals surface area contributed by atoms with E-state index in [9.17, 15) is 10.1 Å². The molecule has 2 aromatic rings. The number of nitrogens with zero attached hydrogens (tertiary/aromatic N) is 3. The highest BCUT2D eigenvalue weighted by Crippen LogP contribution is 2.35. The van der Waals surface area contributed by atoms with E-state index in [-0.39, 0.29) is 5.57 Å². The predicted octanol–water partition coefficient (Wildman–Crippen LogP) is 3.19. The maximum Gasteiger partial charge on any atom is 0.268 e. The Balaban J connectivity index is 2.33. The molecule has 0 unspecified atom stereocenters. The lowest BCUT2D eigenvalue weighted by molar-refractivity contribution is -0.112. The predicted molar refractivity (Wildman–Crippen MR) is 90.5 cm³/mol. The normalized spacial score (nSPS) is 10.5. The lowest BCUT2D eigenvalue weighted by Crippen LogP contribution is -2.16.